The largest absolute Gasteiger partial charge is 0.424 e. The van der Waals surface area contributed by atoms with Crippen molar-refractivity contribution in [1.29, 1.82) is 0 Å². The van der Waals surface area contributed by atoms with Gasteiger partial charge < -0.3 is 4.43 Å². The second kappa shape index (κ2) is 9.49. The van der Waals surface area contributed by atoms with Gasteiger partial charge in [0.2, 0.25) is 0 Å². The van der Waals surface area contributed by atoms with E-state index in [4.69, 9.17) is 4.43 Å². The van der Waals surface area contributed by atoms with Gasteiger partial charge in [-0.15, -0.1) is 0 Å². The van der Waals surface area contributed by atoms with Crippen LogP contribution in [0.1, 0.15) is 14.9 Å². The molecule has 7 heavy (non-hydrogen) atoms. The van der Waals surface area contributed by atoms with Crippen LogP contribution in [0.15, 0.2) is 0 Å². The molecule has 0 aromatic heterocycles. The average molecular weight is 122 g/mol. The van der Waals surface area contributed by atoms with E-state index in [0.29, 0.717) is 0 Å². The molecule has 0 saturated carbocycles. The summed E-state index contributed by atoms with van der Waals surface area (Å²) in [6, 6.07) is 0. The highest BCUT2D eigenvalue weighted by molar-refractivity contribution is 6.48. The maximum Gasteiger partial charge on any atom is 0.170 e. The predicted molar refractivity (Wildman–Crippen MR) is 39.3 cm³/mol. The third kappa shape index (κ3) is 22.7. The molecule has 0 aliphatic heterocycles. The Bertz CT molecular complexity index is 22.0. The highest BCUT2D eigenvalue weighted by Crippen LogP contribution is 1.73. The fourth-order valence-electron chi connectivity index (χ4n) is 0. The summed E-state index contributed by atoms with van der Waals surface area (Å²) < 4.78 is 4.89. The molecular weight excluding hydrogens is 104 g/mol. The average Bonchev–Trinajstić information content (AvgIpc) is 1.38. The van der Waals surface area contributed by atoms with Crippen molar-refractivity contribution < 1.29 is 4.43 Å². The fourth-order valence-corrected chi connectivity index (χ4v) is 0. The second-order valence-corrected chi connectivity index (χ2v) is 3.85. The lowest BCUT2D eigenvalue weighted by atomic mass is 11.8. The van der Waals surface area contributed by atoms with Gasteiger partial charge in [0.05, 0.1) is 0 Å². The van der Waals surface area contributed by atoms with Crippen LogP contribution in [-0.4, -0.2) is 16.2 Å². The molecule has 1 nitrogen and oxygen atoms in total. The molecule has 48 valence electrons. The van der Waals surface area contributed by atoms with Crippen LogP contribution >= 0.6 is 0 Å². The van der Waals surface area contributed by atoms with Gasteiger partial charge in [0.15, 0.2) is 9.04 Å². The van der Waals surface area contributed by atoms with E-state index >= 15 is 0 Å². The summed E-state index contributed by atoms with van der Waals surface area (Å²) >= 11 is 0. The van der Waals surface area contributed by atoms with Crippen LogP contribution in [-0.2, 0) is 4.43 Å². The van der Waals surface area contributed by atoms with Crippen molar-refractivity contribution in [3.63, 3.8) is 0 Å². The molecule has 0 radical (unpaired) electrons. The Labute approximate surface area is 49.4 Å². The van der Waals surface area contributed by atoms with Gasteiger partial charge in [-0.1, -0.05) is 14.9 Å². The number of hydrogen-bond donors (Lipinski definition) is 0. The normalized spacial score (nSPS) is 6.86. The Hall–Kier alpha value is 0.177. The van der Waals surface area contributed by atoms with E-state index in [-0.39, 0.29) is 14.9 Å². The summed E-state index contributed by atoms with van der Waals surface area (Å²) in [6.45, 7) is 4.28. The minimum atomic E-state index is -0.650. The van der Waals surface area contributed by atoms with Gasteiger partial charge in [-0.2, -0.15) is 0 Å². The van der Waals surface area contributed by atoms with Crippen molar-refractivity contribution in [3.8, 4) is 0 Å². The molecule has 0 saturated heterocycles. The van der Waals surface area contributed by atoms with Crippen LogP contribution in [0, 0.1) is 0 Å². The minimum Gasteiger partial charge on any atom is -0.424 e. The minimum absolute atomic E-state index is 0. The smallest absolute Gasteiger partial charge is 0.170 e. The van der Waals surface area contributed by atoms with Crippen LogP contribution < -0.4 is 0 Å². The quantitative estimate of drug-likeness (QED) is 0.483. The van der Waals surface area contributed by atoms with Gasteiger partial charge in [0.25, 0.3) is 0 Å². The first-order chi connectivity index (χ1) is 2.27. The molecular formula is C5H18OSi. The van der Waals surface area contributed by atoms with Crippen molar-refractivity contribution >= 4 is 9.04 Å². The lowest BCUT2D eigenvalue weighted by Gasteiger charge is -1.92. The summed E-state index contributed by atoms with van der Waals surface area (Å²) in [7, 11) is 1.11. The monoisotopic (exact) mass is 122 g/mol. The Balaban J connectivity index is -0.0000000800. The van der Waals surface area contributed by atoms with E-state index in [9.17, 15) is 0 Å². The summed E-state index contributed by atoms with van der Waals surface area (Å²) in [5.41, 5.74) is 0. The number of rotatable bonds is 1. The Morgan fingerprint density at radius 1 is 1.14 bits per heavy atom. The van der Waals surface area contributed by atoms with Crippen LogP contribution in [0.4, 0.5) is 0 Å². The first-order valence-corrected chi connectivity index (χ1v) is 4.58. The summed E-state index contributed by atoms with van der Waals surface area (Å²) in [5, 5.41) is 0. The van der Waals surface area contributed by atoms with Gasteiger partial charge in [-0.3, -0.25) is 0 Å². The van der Waals surface area contributed by atoms with Crippen molar-refractivity contribution in [3.05, 3.63) is 0 Å². The van der Waals surface area contributed by atoms with Crippen molar-refractivity contribution in [2.24, 2.45) is 0 Å². The van der Waals surface area contributed by atoms with Crippen molar-refractivity contribution in [2.75, 3.05) is 7.11 Å². The molecule has 0 N–H and O–H groups in total. The summed E-state index contributed by atoms with van der Waals surface area (Å²) in [4.78, 5) is 0. The molecule has 0 aromatic rings. The molecule has 0 amide bonds. The Morgan fingerprint density at radius 3 is 1.29 bits per heavy atom. The van der Waals surface area contributed by atoms with E-state index in [0.717, 1.165) is 0 Å². The highest BCUT2D eigenvalue weighted by atomic mass is 28.3. The van der Waals surface area contributed by atoms with Crippen LogP contribution in [0.5, 0.6) is 0 Å². The van der Waals surface area contributed by atoms with Gasteiger partial charge in [0.1, 0.15) is 0 Å². The molecule has 0 atom stereocenters. The highest BCUT2D eigenvalue weighted by Gasteiger charge is 1.83. The summed E-state index contributed by atoms with van der Waals surface area (Å²) in [5.74, 6) is 0. The first-order valence-electron chi connectivity index (χ1n) is 1.80. The SMILES string of the molecule is C.C.CO[SiH](C)C. The molecule has 0 fully saturated rings. The lowest BCUT2D eigenvalue weighted by Crippen LogP contribution is -2.00. The molecule has 0 spiro atoms. The molecule has 0 bridgehead atoms. The molecule has 0 rings (SSSR count). The third-order valence-electron chi connectivity index (χ3n) is 0.471. The van der Waals surface area contributed by atoms with E-state index < -0.39 is 9.04 Å². The third-order valence-corrected chi connectivity index (χ3v) is 1.41. The molecule has 0 aliphatic carbocycles. The van der Waals surface area contributed by atoms with E-state index in [1.165, 1.54) is 0 Å². The van der Waals surface area contributed by atoms with Crippen LogP contribution in [0.25, 0.3) is 0 Å². The van der Waals surface area contributed by atoms with Crippen LogP contribution in [0.2, 0.25) is 13.1 Å². The predicted octanol–water partition coefficient (Wildman–Crippen LogP) is 1.89. The standard InChI is InChI=1S/C3H10OSi.2CH4/c1-4-5(2)3;;/h5H,1-3H3;2*1H4. The van der Waals surface area contributed by atoms with Gasteiger partial charge in [-0.05, 0) is 13.1 Å². The van der Waals surface area contributed by atoms with Gasteiger partial charge in [-0.25, -0.2) is 0 Å². The topological polar surface area (TPSA) is 9.23 Å². The van der Waals surface area contributed by atoms with Gasteiger partial charge in [0, 0.05) is 7.11 Å². The summed E-state index contributed by atoms with van der Waals surface area (Å²) in [6.07, 6.45) is 0. The fraction of sp³-hybridized carbons (Fsp3) is 1.00. The zero-order valence-corrected chi connectivity index (χ0v) is 5.14. The molecule has 0 aromatic carbocycles. The van der Waals surface area contributed by atoms with E-state index in [2.05, 4.69) is 13.1 Å². The maximum absolute atomic E-state index is 4.89. The first kappa shape index (κ1) is 15.7. The molecule has 0 aliphatic rings. The molecule has 2 heteroatoms. The zero-order valence-electron chi connectivity index (χ0n) is 3.99. The van der Waals surface area contributed by atoms with Crippen LogP contribution in [0.3, 0.4) is 0 Å². The zero-order chi connectivity index (χ0) is 4.28. The molecule has 0 unspecified atom stereocenters. The number of hydrogen-bond acceptors (Lipinski definition) is 1. The van der Waals surface area contributed by atoms with E-state index in [1.807, 2.05) is 0 Å². The van der Waals surface area contributed by atoms with Crippen molar-refractivity contribution in [2.45, 2.75) is 27.9 Å². The molecule has 0 heterocycles. The second-order valence-electron chi connectivity index (χ2n) is 1.28. The lowest BCUT2D eigenvalue weighted by molar-refractivity contribution is 0.430. The van der Waals surface area contributed by atoms with Gasteiger partial charge >= 0.3 is 0 Å². The Morgan fingerprint density at radius 2 is 1.29 bits per heavy atom. The maximum atomic E-state index is 4.89. The Kier molecular flexibility index (Phi) is 21.3. The van der Waals surface area contributed by atoms with E-state index in [1.54, 1.807) is 7.11 Å². The van der Waals surface area contributed by atoms with Crippen molar-refractivity contribution in [1.82, 2.24) is 0 Å².